The normalized spacial score (nSPS) is 16.6. The van der Waals surface area contributed by atoms with Gasteiger partial charge in [-0.05, 0) is 19.3 Å². The molecule has 0 radical (unpaired) electrons. The number of halogens is 1. The Morgan fingerprint density at radius 1 is 1.17 bits per heavy atom. The number of hydrogen-bond donors (Lipinski definition) is 2. The Morgan fingerprint density at radius 2 is 1.67 bits per heavy atom. The fourth-order valence-electron chi connectivity index (χ4n) is 1.96. The molecule has 0 rings (SSSR count). The molecule has 0 aromatic carbocycles. The van der Waals surface area contributed by atoms with E-state index in [1.165, 1.54) is 26.2 Å². The summed E-state index contributed by atoms with van der Waals surface area (Å²) in [7, 11) is 0. The molecule has 0 heterocycles. The Morgan fingerprint density at radius 3 is 2.17 bits per heavy atom. The van der Waals surface area contributed by atoms with Gasteiger partial charge < -0.3 is 10.2 Å². The van der Waals surface area contributed by atoms with Gasteiger partial charge in [0, 0.05) is 0 Å². The van der Waals surface area contributed by atoms with Crippen molar-refractivity contribution in [1.29, 1.82) is 0 Å². The van der Waals surface area contributed by atoms with E-state index in [4.69, 9.17) is 16.7 Å². The molecule has 0 fully saturated rings. The van der Waals surface area contributed by atoms with Crippen LogP contribution < -0.4 is 0 Å². The van der Waals surface area contributed by atoms with Crippen LogP contribution in [0.3, 0.4) is 0 Å². The quantitative estimate of drug-likeness (QED) is 0.472. The predicted octanol–water partition coefficient (Wildman–Crippen LogP) is 3.82. The lowest BCUT2D eigenvalue weighted by molar-refractivity contribution is -0.141. The van der Waals surface area contributed by atoms with Crippen LogP contribution in [0, 0.1) is 5.92 Å². The molecule has 0 saturated carbocycles. The standard InChI is InChI=1S/C14H27ClO3/c1-11(2)9-7-5-4-6-8-10-14(3,18)12(15)13(16)17/h11-12,18H,4-10H2,1-3H3,(H,16,17). The predicted molar refractivity (Wildman–Crippen MR) is 75.1 cm³/mol. The van der Waals surface area contributed by atoms with Crippen LogP contribution in [0.15, 0.2) is 0 Å². The van der Waals surface area contributed by atoms with E-state index in [2.05, 4.69) is 13.8 Å². The number of aliphatic carboxylic acids is 1. The van der Waals surface area contributed by atoms with Gasteiger partial charge in [-0.1, -0.05) is 52.4 Å². The molecule has 3 nitrogen and oxygen atoms in total. The first-order valence-corrected chi connectivity index (χ1v) is 7.30. The van der Waals surface area contributed by atoms with Crippen LogP contribution in [0.2, 0.25) is 0 Å². The summed E-state index contributed by atoms with van der Waals surface area (Å²) in [5, 5.41) is 17.4. The largest absolute Gasteiger partial charge is 0.480 e. The van der Waals surface area contributed by atoms with Crippen molar-refractivity contribution in [3.8, 4) is 0 Å². The minimum atomic E-state index is -1.31. The third kappa shape index (κ3) is 7.93. The molecule has 0 aromatic heterocycles. The Kier molecular flexibility index (Phi) is 8.62. The highest BCUT2D eigenvalue weighted by Crippen LogP contribution is 2.23. The van der Waals surface area contributed by atoms with Crippen molar-refractivity contribution in [2.24, 2.45) is 5.92 Å². The molecule has 0 aliphatic carbocycles. The van der Waals surface area contributed by atoms with Crippen molar-refractivity contribution in [1.82, 2.24) is 0 Å². The summed E-state index contributed by atoms with van der Waals surface area (Å²) >= 11 is 5.66. The Labute approximate surface area is 116 Å². The van der Waals surface area contributed by atoms with E-state index in [0.29, 0.717) is 6.42 Å². The van der Waals surface area contributed by atoms with E-state index >= 15 is 0 Å². The zero-order valence-electron chi connectivity index (χ0n) is 11.8. The number of rotatable bonds is 10. The zero-order valence-corrected chi connectivity index (χ0v) is 12.5. The smallest absolute Gasteiger partial charge is 0.324 e. The fraction of sp³-hybridized carbons (Fsp3) is 0.929. The third-order valence-electron chi connectivity index (χ3n) is 3.23. The zero-order chi connectivity index (χ0) is 14.2. The van der Waals surface area contributed by atoms with Crippen LogP contribution in [0.4, 0.5) is 0 Å². The molecule has 0 spiro atoms. The summed E-state index contributed by atoms with van der Waals surface area (Å²) in [4.78, 5) is 10.7. The molecule has 0 aliphatic heterocycles. The first-order chi connectivity index (χ1) is 8.27. The van der Waals surface area contributed by atoms with Gasteiger partial charge in [0.25, 0.3) is 0 Å². The minimum absolute atomic E-state index is 0.442. The van der Waals surface area contributed by atoms with Crippen LogP contribution in [-0.2, 0) is 4.79 Å². The van der Waals surface area contributed by atoms with E-state index in [9.17, 15) is 9.90 Å². The van der Waals surface area contributed by atoms with Crippen LogP contribution in [0.5, 0.6) is 0 Å². The van der Waals surface area contributed by atoms with Gasteiger partial charge >= 0.3 is 5.97 Å². The van der Waals surface area contributed by atoms with Gasteiger partial charge in [0.1, 0.15) is 0 Å². The van der Waals surface area contributed by atoms with E-state index < -0.39 is 16.9 Å². The van der Waals surface area contributed by atoms with Crippen molar-refractivity contribution in [3.05, 3.63) is 0 Å². The maximum absolute atomic E-state index is 10.7. The van der Waals surface area contributed by atoms with Crippen molar-refractivity contribution in [3.63, 3.8) is 0 Å². The molecule has 108 valence electrons. The van der Waals surface area contributed by atoms with Crippen LogP contribution in [-0.4, -0.2) is 27.2 Å². The number of carboxylic acids is 1. The summed E-state index contributed by atoms with van der Waals surface area (Å²) in [6.45, 7) is 5.95. The highest BCUT2D eigenvalue weighted by atomic mass is 35.5. The first-order valence-electron chi connectivity index (χ1n) is 6.86. The number of carbonyl (C=O) groups is 1. The maximum atomic E-state index is 10.7. The lowest BCUT2D eigenvalue weighted by Crippen LogP contribution is -2.40. The number of unbranched alkanes of at least 4 members (excludes halogenated alkanes) is 4. The van der Waals surface area contributed by atoms with Gasteiger partial charge in [0.15, 0.2) is 5.38 Å². The molecule has 0 amide bonds. The minimum Gasteiger partial charge on any atom is -0.480 e. The SMILES string of the molecule is CC(C)CCCCCCCC(C)(O)C(Cl)C(=O)O. The molecule has 2 unspecified atom stereocenters. The van der Waals surface area contributed by atoms with Crippen LogP contribution in [0.1, 0.15) is 65.7 Å². The molecule has 2 atom stereocenters. The van der Waals surface area contributed by atoms with Gasteiger partial charge in [-0.15, -0.1) is 11.6 Å². The summed E-state index contributed by atoms with van der Waals surface area (Å²) in [6, 6.07) is 0. The average Bonchev–Trinajstić information content (AvgIpc) is 2.26. The average molecular weight is 279 g/mol. The Hall–Kier alpha value is -0.280. The topological polar surface area (TPSA) is 57.5 Å². The van der Waals surface area contributed by atoms with Crippen molar-refractivity contribution in [2.75, 3.05) is 0 Å². The summed E-state index contributed by atoms with van der Waals surface area (Å²) < 4.78 is 0. The van der Waals surface area contributed by atoms with Gasteiger partial charge in [-0.2, -0.15) is 0 Å². The lowest BCUT2D eigenvalue weighted by Gasteiger charge is -2.25. The van der Waals surface area contributed by atoms with Crippen molar-refractivity contribution >= 4 is 17.6 Å². The highest BCUT2D eigenvalue weighted by Gasteiger charge is 2.35. The first kappa shape index (κ1) is 17.7. The second-order valence-electron chi connectivity index (χ2n) is 5.76. The molecular weight excluding hydrogens is 252 g/mol. The number of aliphatic hydroxyl groups is 1. The molecule has 0 aromatic rings. The van der Waals surface area contributed by atoms with E-state index in [1.54, 1.807) is 0 Å². The summed E-state index contributed by atoms with van der Waals surface area (Å²) in [5.74, 6) is -0.392. The lowest BCUT2D eigenvalue weighted by atomic mass is 9.93. The fourth-order valence-corrected chi connectivity index (χ4v) is 2.07. The van der Waals surface area contributed by atoms with Gasteiger partial charge in [-0.3, -0.25) is 4.79 Å². The summed E-state index contributed by atoms with van der Waals surface area (Å²) in [6.07, 6.45) is 7.16. The number of alkyl halides is 1. The van der Waals surface area contributed by atoms with E-state index in [-0.39, 0.29) is 0 Å². The van der Waals surface area contributed by atoms with Gasteiger partial charge in [0.2, 0.25) is 0 Å². The molecular formula is C14H27ClO3. The number of carboxylic acid groups (broad SMARTS) is 1. The second kappa shape index (κ2) is 8.76. The molecule has 18 heavy (non-hydrogen) atoms. The van der Waals surface area contributed by atoms with E-state index in [0.717, 1.165) is 25.2 Å². The van der Waals surface area contributed by atoms with Gasteiger partial charge in [0.05, 0.1) is 5.60 Å². The third-order valence-corrected chi connectivity index (χ3v) is 3.88. The Balaban J connectivity index is 3.62. The van der Waals surface area contributed by atoms with Gasteiger partial charge in [-0.25, -0.2) is 0 Å². The molecule has 0 bridgehead atoms. The van der Waals surface area contributed by atoms with Crippen molar-refractivity contribution in [2.45, 2.75) is 76.7 Å². The monoisotopic (exact) mass is 278 g/mol. The maximum Gasteiger partial charge on any atom is 0.324 e. The molecule has 2 N–H and O–H groups in total. The Bertz CT molecular complexity index is 239. The molecule has 0 aliphatic rings. The highest BCUT2D eigenvalue weighted by molar-refractivity contribution is 6.30. The van der Waals surface area contributed by atoms with Crippen molar-refractivity contribution < 1.29 is 15.0 Å². The summed E-state index contributed by atoms with van der Waals surface area (Å²) in [5.41, 5.74) is -1.31. The van der Waals surface area contributed by atoms with E-state index in [1.807, 2.05) is 0 Å². The van der Waals surface area contributed by atoms with Crippen LogP contribution >= 0.6 is 11.6 Å². The molecule has 0 saturated heterocycles. The number of hydrogen-bond acceptors (Lipinski definition) is 2. The van der Waals surface area contributed by atoms with Crippen LogP contribution in [0.25, 0.3) is 0 Å². The molecule has 4 heteroatoms. The second-order valence-corrected chi connectivity index (χ2v) is 6.19.